The Kier molecular flexibility index (Phi) is 5.73. The van der Waals surface area contributed by atoms with E-state index in [0.29, 0.717) is 43.7 Å². The quantitative estimate of drug-likeness (QED) is 0.482. The molecule has 194 valence electrons. The number of benzene rings is 2. The fourth-order valence-electron chi connectivity index (χ4n) is 6.04. The number of hydrogen-bond donors (Lipinski definition) is 1. The van der Waals surface area contributed by atoms with Gasteiger partial charge in [-0.05, 0) is 56.3 Å². The largest absolute Gasteiger partial charge is 0.492 e. The summed E-state index contributed by atoms with van der Waals surface area (Å²) in [7, 11) is 0. The first kappa shape index (κ1) is 25.0. The Morgan fingerprint density at radius 1 is 1.08 bits per heavy atom. The van der Waals surface area contributed by atoms with E-state index in [1.165, 1.54) is 12.1 Å². The van der Waals surface area contributed by atoms with E-state index in [0.717, 1.165) is 11.0 Å². The second-order valence-electron chi connectivity index (χ2n) is 10.2. The Morgan fingerprint density at radius 2 is 1.68 bits per heavy atom. The lowest BCUT2D eigenvalue weighted by Crippen LogP contribution is -2.58. The van der Waals surface area contributed by atoms with Crippen molar-refractivity contribution in [2.75, 3.05) is 36.9 Å². The minimum absolute atomic E-state index is 0.199. The van der Waals surface area contributed by atoms with Crippen LogP contribution in [-0.2, 0) is 20.5 Å². The average Bonchev–Trinajstić information content (AvgIpc) is 3.19. The van der Waals surface area contributed by atoms with Crippen molar-refractivity contribution in [3.05, 3.63) is 53.6 Å². The van der Waals surface area contributed by atoms with Crippen LogP contribution in [-0.4, -0.2) is 54.2 Å². The molecule has 37 heavy (non-hydrogen) atoms. The molecule has 8 nitrogen and oxygen atoms in total. The molecule has 3 aliphatic heterocycles. The summed E-state index contributed by atoms with van der Waals surface area (Å²) in [5, 5.41) is 9.08. The molecule has 0 saturated carbocycles. The van der Waals surface area contributed by atoms with Gasteiger partial charge in [-0.2, -0.15) is 18.4 Å². The van der Waals surface area contributed by atoms with Crippen molar-refractivity contribution in [3.63, 3.8) is 0 Å². The second-order valence-corrected chi connectivity index (χ2v) is 10.2. The third-order valence-corrected chi connectivity index (χ3v) is 7.41. The Morgan fingerprint density at radius 3 is 2.22 bits per heavy atom. The van der Waals surface area contributed by atoms with E-state index in [9.17, 15) is 22.8 Å². The number of nitriles is 1. The van der Waals surface area contributed by atoms with E-state index in [-0.39, 0.29) is 5.69 Å². The monoisotopic (exact) mass is 514 g/mol. The van der Waals surface area contributed by atoms with Gasteiger partial charge in [0.1, 0.15) is 12.4 Å². The van der Waals surface area contributed by atoms with E-state index in [2.05, 4.69) is 4.90 Å². The molecule has 2 aromatic carbocycles. The maximum absolute atomic E-state index is 13.6. The minimum atomic E-state index is -4.81. The number of imide groups is 1. The van der Waals surface area contributed by atoms with E-state index < -0.39 is 52.2 Å². The zero-order valence-corrected chi connectivity index (χ0v) is 20.2. The molecular weight excluding hydrogens is 489 g/mol. The molecule has 2 bridgehead atoms. The summed E-state index contributed by atoms with van der Waals surface area (Å²) in [6.07, 6.45) is -4.81. The molecule has 11 heteroatoms. The lowest BCUT2D eigenvalue weighted by atomic mass is 9.79. The maximum atomic E-state index is 13.6. The van der Waals surface area contributed by atoms with Gasteiger partial charge >= 0.3 is 6.18 Å². The van der Waals surface area contributed by atoms with Crippen LogP contribution in [0.5, 0.6) is 5.75 Å². The normalized spacial score (nSPS) is 29.4. The number of fused-ring (bicyclic) bond motifs is 5. The van der Waals surface area contributed by atoms with Gasteiger partial charge in [0.25, 0.3) is 0 Å². The zero-order valence-electron chi connectivity index (χ0n) is 20.2. The third-order valence-electron chi connectivity index (χ3n) is 7.41. The molecule has 0 spiro atoms. The summed E-state index contributed by atoms with van der Waals surface area (Å²) in [6, 6.07) is 11.4. The number of rotatable bonds is 5. The number of amides is 2. The number of morpholine rings is 1. The van der Waals surface area contributed by atoms with Crippen molar-refractivity contribution in [3.8, 4) is 11.8 Å². The number of carbonyl (C=O) groups excluding carboxylic acids is 2. The number of nitrogens with two attached hydrogens (primary N) is 1. The number of likely N-dealkylation sites (tertiary alicyclic amines) is 1. The predicted molar refractivity (Wildman–Crippen MR) is 126 cm³/mol. The minimum Gasteiger partial charge on any atom is -0.492 e. The summed E-state index contributed by atoms with van der Waals surface area (Å²) in [4.78, 5) is 30.0. The SMILES string of the molecule is C[C@]12CN(CCOc3ccc(N)cc3)C[C@](C)(O1)[C@@H]1C(=O)N(c3ccc(C#N)c(C(F)(F)F)c3)C(=O)C12. The first-order valence-electron chi connectivity index (χ1n) is 11.8. The molecule has 3 saturated heterocycles. The highest BCUT2D eigenvalue weighted by molar-refractivity contribution is 6.23. The third kappa shape index (κ3) is 4.10. The Hall–Kier alpha value is -3.62. The zero-order chi connectivity index (χ0) is 26.8. The molecule has 2 N–H and O–H groups in total. The molecule has 2 aromatic rings. The highest BCUT2D eigenvalue weighted by Crippen LogP contribution is 2.55. The van der Waals surface area contributed by atoms with Gasteiger partial charge < -0.3 is 15.2 Å². The van der Waals surface area contributed by atoms with Gasteiger partial charge in [0.15, 0.2) is 0 Å². The molecule has 2 amide bonds. The fraction of sp³-hybridized carbons (Fsp3) is 0.423. The number of ether oxygens (including phenoxy) is 2. The summed E-state index contributed by atoms with van der Waals surface area (Å²) in [6.45, 7) is 5.11. The van der Waals surface area contributed by atoms with Crippen molar-refractivity contribution < 1.29 is 32.2 Å². The highest BCUT2D eigenvalue weighted by Gasteiger charge is 2.71. The Balaban J connectivity index is 1.37. The number of hydrogen-bond acceptors (Lipinski definition) is 7. The number of anilines is 2. The lowest BCUT2D eigenvalue weighted by Gasteiger charge is -2.45. The van der Waals surface area contributed by atoms with E-state index in [1.54, 1.807) is 38.1 Å². The van der Waals surface area contributed by atoms with Gasteiger partial charge in [0.05, 0.1) is 45.9 Å². The van der Waals surface area contributed by atoms with E-state index in [4.69, 9.17) is 20.5 Å². The molecule has 0 aliphatic carbocycles. The smallest absolute Gasteiger partial charge is 0.417 e. The van der Waals surface area contributed by atoms with Crippen LogP contribution < -0.4 is 15.4 Å². The Bertz CT molecular complexity index is 1270. The van der Waals surface area contributed by atoms with Crippen LogP contribution in [0.1, 0.15) is 25.0 Å². The fourth-order valence-corrected chi connectivity index (χ4v) is 6.04. The standard InChI is InChI=1S/C26H25F3N4O4/c1-24-13-32(9-10-36-18-7-4-16(31)5-8-18)14-25(2,37-24)21-20(24)22(34)33(23(21)35)17-6-3-15(12-30)19(11-17)26(27,28)29/h3-8,11,20-21H,9-10,13-14,31H2,1-2H3/t20-,21?,24-,25+/m0/s1. The molecule has 4 atom stereocenters. The van der Waals surface area contributed by atoms with Crippen molar-refractivity contribution >= 4 is 23.2 Å². The molecule has 3 heterocycles. The first-order chi connectivity index (χ1) is 17.4. The molecule has 3 aliphatic rings. The Labute approximate surface area is 211 Å². The van der Waals surface area contributed by atoms with Gasteiger partial charge in [-0.3, -0.25) is 14.5 Å². The first-order valence-corrected chi connectivity index (χ1v) is 11.8. The lowest BCUT2D eigenvalue weighted by molar-refractivity contribution is -0.169. The van der Waals surface area contributed by atoms with Gasteiger partial charge in [0.2, 0.25) is 11.8 Å². The van der Waals surface area contributed by atoms with Crippen LogP contribution in [0, 0.1) is 23.2 Å². The molecule has 0 aromatic heterocycles. The van der Waals surface area contributed by atoms with Gasteiger partial charge in [-0.1, -0.05) is 0 Å². The van der Waals surface area contributed by atoms with Crippen molar-refractivity contribution in [1.29, 1.82) is 5.26 Å². The van der Waals surface area contributed by atoms with Crippen LogP contribution in [0.25, 0.3) is 0 Å². The summed E-state index contributed by atoms with van der Waals surface area (Å²) < 4.78 is 52.7. The maximum Gasteiger partial charge on any atom is 0.417 e. The van der Waals surface area contributed by atoms with Gasteiger partial charge in [-0.15, -0.1) is 0 Å². The summed E-state index contributed by atoms with van der Waals surface area (Å²) in [5.41, 5.74) is 2.33. The average molecular weight is 515 g/mol. The molecule has 3 fully saturated rings. The second kappa shape index (κ2) is 8.46. The van der Waals surface area contributed by atoms with Crippen LogP contribution in [0.4, 0.5) is 24.5 Å². The predicted octanol–water partition coefficient (Wildman–Crippen LogP) is 3.21. The van der Waals surface area contributed by atoms with Crippen LogP contribution in [0.15, 0.2) is 42.5 Å². The number of carbonyl (C=O) groups is 2. The molecule has 1 unspecified atom stereocenters. The topological polar surface area (TPSA) is 109 Å². The van der Waals surface area contributed by atoms with Crippen molar-refractivity contribution in [1.82, 2.24) is 4.90 Å². The van der Waals surface area contributed by atoms with Crippen LogP contribution >= 0.6 is 0 Å². The number of nitrogen functional groups attached to an aromatic ring is 1. The van der Waals surface area contributed by atoms with Gasteiger partial charge in [0, 0.05) is 25.3 Å². The number of halogens is 3. The van der Waals surface area contributed by atoms with E-state index >= 15 is 0 Å². The number of nitrogens with zero attached hydrogens (tertiary/aromatic N) is 3. The van der Waals surface area contributed by atoms with Crippen LogP contribution in [0.3, 0.4) is 0 Å². The molecule has 0 radical (unpaired) electrons. The summed E-state index contributed by atoms with van der Waals surface area (Å²) in [5.74, 6) is -2.23. The van der Waals surface area contributed by atoms with E-state index in [1.807, 2.05) is 0 Å². The van der Waals surface area contributed by atoms with Crippen molar-refractivity contribution in [2.45, 2.75) is 31.2 Å². The highest BCUT2D eigenvalue weighted by atomic mass is 19.4. The van der Waals surface area contributed by atoms with Crippen LogP contribution in [0.2, 0.25) is 0 Å². The summed E-state index contributed by atoms with van der Waals surface area (Å²) >= 11 is 0. The van der Waals surface area contributed by atoms with Gasteiger partial charge in [-0.25, -0.2) is 4.90 Å². The molecule has 5 rings (SSSR count). The molecular formula is C26H25F3N4O4. The number of alkyl halides is 3. The van der Waals surface area contributed by atoms with Crippen molar-refractivity contribution in [2.24, 2.45) is 11.8 Å².